The normalized spacial score (nSPS) is 17.8. The van der Waals surface area contributed by atoms with Crippen LogP contribution in [0, 0.1) is 11.8 Å². The van der Waals surface area contributed by atoms with Crippen LogP contribution in [0.5, 0.6) is 0 Å². The van der Waals surface area contributed by atoms with E-state index < -0.39 is 5.97 Å². The Labute approximate surface area is 126 Å². The molecular formula is C15H28N2O4. The number of hydrogen-bond donors (Lipinski definition) is 2. The minimum Gasteiger partial charge on any atom is -0.481 e. The van der Waals surface area contributed by atoms with Crippen LogP contribution in [-0.4, -0.2) is 54.9 Å². The molecule has 1 fully saturated rings. The molecule has 2 amide bonds. The van der Waals surface area contributed by atoms with E-state index in [2.05, 4.69) is 19.2 Å². The number of carboxylic acid groups (broad SMARTS) is 1. The summed E-state index contributed by atoms with van der Waals surface area (Å²) in [6, 6.07) is -0.0938. The summed E-state index contributed by atoms with van der Waals surface area (Å²) in [4.78, 5) is 24.7. The molecule has 1 rings (SSSR count). The second kappa shape index (κ2) is 8.87. The lowest BCUT2D eigenvalue weighted by molar-refractivity contribution is -0.138. The highest BCUT2D eigenvalue weighted by Crippen LogP contribution is 2.16. The topological polar surface area (TPSA) is 78.9 Å². The molecule has 6 nitrogen and oxygen atoms in total. The highest BCUT2D eigenvalue weighted by atomic mass is 16.5. The Kier molecular flexibility index (Phi) is 7.50. The van der Waals surface area contributed by atoms with Gasteiger partial charge in [-0.3, -0.25) is 4.79 Å². The number of piperidine rings is 1. The maximum atomic E-state index is 12.1. The molecule has 0 radical (unpaired) electrons. The van der Waals surface area contributed by atoms with Crippen molar-refractivity contribution in [3.8, 4) is 0 Å². The van der Waals surface area contributed by atoms with E-state index in [9.17, 15) is 9.59 Å². The summed E-state index contributed by atoms with van der Waals surface area (Å²) in [5.74, 6) is -0.400. The number of carbonyl (C=O) groups excluding carboxylic acids is 1. The quantitative estimate of drug-likeness (QED) is 0.753. The molecule has 0 bridgehead atoms. The Morgan fingerprint density at radius 3 is 2.43 bits per heavy atom. The molecule has 0 unspecified atom stereocenters. The molecule has 21 heavy (non-hydrogen) atoms. The lowest BCUT2D eigenvalue weighted by Gasteiger charge is -2.31. The molecule has 1 saturated heterocycles. The number of nitrogens with zero attached hydrogens (tertiary/aromatic N) is 1. The molecule has 1 heterocycles. The van der Waals surface area contributed by atoms with Crippen molar-refractivity contribution < 1.29 is 19.4 Å². The summed E-state index contributed by atoms with van der Waals surface area (Å²) in [6.45, 7) is 5.93. The second-order valence-corrected chi connectivity index (χ2v) is 6.20. The number of hydrogen-bond acceptors (Lipinski definition) is 3. The first-order valence-electron chi connectivity index (χ1n) is 7.69. The average molecular weight is 300 g/mol. The van der Waals surface area contributed by atoms with Gasteiger partial charge in [0.2, 0.25) is 0 Å². The number of nitrogens with one attached hydrogen (secondary N) is 1. The van der Waals surface area contributed by atoms with Gasteiger partial charge in [-0.1, -0.05) is 13.8 Å². The van der Waals surface area contributed by atoms with Gasteiger partial charge in [-0.15, -0.1) is 0 Å². The summed E-state index contributed by atoms with van der Waals surface area (Å²) >= 11 is 0. The van der Waals surface area contributed by atoms with E-state index in [0.717, 1.165) is 19.3 Å². The Bertz CT molecular complexity index is 339. The van der Waals surface area contributed by atoms with Gasteiger partial charge in [0, 0.05) is 33.2 Å². The van der Waals surface area contributed by atoms with E-state index in [1.807, 2.05) is 0 Å². The minimum atomic E-state index is -0.809. The monoisotopic (exact) mass is 300 g/mol. The van der Waals surface area contributed by atoms with Crippen molar-refractivity contribution in [1.29, 1.82) is 0 Å². The van der Waals surface area contributed by atoms with Crippen molar-refractivity contribution in [2.24, 2.45) is 11.8 Å². The van der Waals surface area contributed by atoms with Crippen LogP contribution in [0.3, 0.4) is 0 Å². The first kappa shape index (κ1) is 17.8. The Morgan fingerprint density at radius 2 is 1.95 bits per heavy atom. The smallest absolute Gasteiger partial charge is 0.317 e. The molecule has 6 heteroatoms. The third-order valence-corrected chi connectivity index (χ3v) is 3.87. The van der Waals surface area contributed by atoms with Crippen molar-refractivity contribution >= 4 is 12.0 Å². The Balaban J connectivity index is 2.37. The molecule has 0 aromatic heterocycles. The van der Waals surface area contributed by atoms with Crippen molar-refractivity contribution in [2.75, 3.05) is 26.7 Å². The predicted octanol–water partition coefficient (Wildman–Crippen LogP) is 1.94. The first-order valence-corrected chi connectivity index (χ1v) is 7.69. The van der Waals surface area contributed by atoms with E-state index in [1.54, 1.807) is 12.0 Å². The average Bonchev–Trinajstić information content (AvgIpc) is 2.43. The highest BCUT2D eigenvalue weighted by Gasteiger charge is 2.23. The fraction of sp³-hybridized carbons (Fsp3) is 0.867. The number of urea groups is 1. The van der Waals surface area contributed by atoms with Gasteiger partial charge in [0.15, 0.2) is 0 Å². The van der Waals surface area contributed by atoms with Crippen molar-refractivity contribution in [2.45, 2.75) is 45.6 Å². The molecule has 1 aliphatic rings. The van der Waals surface area contributed by atoms with Gasteiger partial charge in [0.1, 0.15) is 0 Å². The zero-order valence-electron chi connectivity index (χ0n) is 13.3. The van der Waals surface area contributed by atoms with Gasteiger partial charge in [-0.05, 0) is 31.1 Å². The maximum absolute atomic E-state index is 12.1. The summed E-state index contributed by atoms with van der Waals surface area (Å²) in [6.07, 6.45) is 2.86. The van der Waals surface area contributed by atoms with Crippen LogP contribution >= 0.6 is 0 Å². The van der Waals surface area contributed by atoms with Crippen LogP contribution < -0.4 is 5.32 Å². The summed E-state index contributed by atoms with van der Waals surface area (Å²) in [5.41, 5.74) is 0. The number of rotatable bonds is 7. The van der Waals surface area contributed by atoms with Crippen LogP contribution in [-0.2, 0) is 9.53 Å². The molecular weight excluding hydrogens is 272 g/mol. The standard InChI is InChI=1S/C15H28N2O4/c1-11(2)8-12(9-14(18)19)10-16-15(20)17-6-4-13(21-3)5-7-17/h11-13H,4-10H2,1-3H3,(H,16,20)(H,18,19)/t12-/m0/s1. The highest BCUT2D eigenvalue weighted by molar-refractivity contribution is 5.74. The fourth-order valence-electron chi connectivity index (χ4n) is 2.79. The maximum Gasteiger partial charge on any atom is 0.317 e. The number of likely N-dealkylation sites (tertiary alicyclic amines) is 1. The van der Waals surface area contributed by atoms with Gasteiger partial charge in [-0.2, -0.15) is 0 Å². The molecule has 0 saturated carbocycles. The molecule has 0 spiro atoms. The molecule has 1 aliphatic heterocycles. The van der Waals surface area contributed by atoms with E-state index in [4.69, 9.17) is 9.84 Å². The number of amides is 2. The van der Waals surface area contributed by atoms with E-state index in [-0.39, 0.29) is 24.5 Å². The molecule has 1 atom stereocenters. The van der Waals surface area contributed by atoms with E-state index >= 15 is 0 Å². The van der Waals surface area contributed by atoms with Gasteiger partial charge >= 0.3 is 12.0 Å². The molecule has 0 aliphatic carbocycles. The fourth-order valence-corrected chi connectivity index (χ4v) is 2.79. The van der Waals surface area contributed by atoms with Crippen LogP contribution in [0.25, 0.3) is 0 Å². The Morgan fingerprint density at radius 1 is 1.33 bits per heavy atom. The molecule has 2 N–H and O–H groups in total. The lowest BCUT2D eigenvalue weighted by atomic mass is 9.94. The van der Waals surface area contributed by atoms with Gasteiger partial charge < -0.3 is 20.1 Å². The number of ether oxygens (including phenoxy) is 1. The van der Waals surface area contributed by atoms with Gasteiger partial charge in [-0.25, -0.2) is 4.79 Å². The molecule has 0 aromatic carbocycles. The minimum absolute atomic E-state index is 0.0111. The van der Waals surface area contributed by atoms with Crippen LogP contribution in [0.1, 0.15) is 39.5 Å². The summed E-state index contributed by atoms with van der Waals surface area (Å²) < 4.78 is 5.28. The summed E-state index contributed by atoms with van der Waals surface area (Å²) in [7, 11) is 1.70. The number of carboxylic acids is 1. The molecule has 122 valence electrons. The van der Waals surface area contributed by atoms with Crippen LogP contribution in [0.15, 0.2) is 0 Å². The Hall–Kier alpha value is -1.30. The number of carbonyl (C=O) groups is 2. The third-order valence-electron chi connectivity index (χ3n) is 3.87. The van der Waals surface area contributed by atoms with E-state index in [0.29, 0.717) is 25.6 Å². The van der Waals surface area contributed by atoms with Crippen LogP contribution in [0.2, 0.25) is 0 Å². The molecule has 0 aromatic rings. The van der Waals surface area contributed by atoms with Crippen molar-refractivity contribution in [3.05, 3.63) is 0 Å². The van der Waals surface area contributed by atoms with Gasteiger partial charge in [0.05, 0.1) is 6.10 Å². The SMILES string of the molecule is COC1CCN(C(=O)NC[C@H](CC(=O)O)CC(C)C)CC1. The first-order chi connectivity index (χ1) is 9.92. The number of aliphatic carboxylic acids is 1. The largest absolute Gasteiger partial charge is 0.481 e. The predicted molar refractivity (Wildman–Crippen MR) is 80.2 cm³/mol. The zero-order valence-corrected chi connectivity index (χ0v) is 13.3. The van der Waals surface area contributed by atoms with Crippen molar-refractivity contribution in [1.82, 2.24) is 10.2 Å². The number of methoxy groups -OCH3 is 1. The zero-order chi connectivity index (χ0) is 15.8. The van der Waals surface area contributed by atoms with Crippen molar-refractivity contribution in [3.63, 3.8) is 0 Å². The third kappa shape index (κ3) is 6.80. The second-order valence-electron chi connectivity index (χ2n) is 6.20. The van der Waals surface area contributed by atoms with E-state index in [1.165, 1.54) is 0 Å². The lowest BCUT2D eigenvalue weighted by Crippen LogP contribution is -2.47. The summed E-state index contributed by atoms with van der Waals surface area (Å²) in [5, 5.41) is 11.8. The van der Waals surface area contributed by atoms with Gasteiger partial charge in [0.25, 0.3) is 0 Å². The van der Waals surface area contributed by atoms with Crippen LogP contribution in [0.4, 0.5) is 4.79 Å².